The van der Waals surface area contributed by atoms with Gasteiger partial charge in [-0.1, -0.05) is 53.3 Å². The molecular weight excluding hydrogens is 360 g/mol. The number of thioether (sulfide) groups is 1. The van der Waals surface area contributed by atoms with E-state index in [0.717, 1.165) is 28.6 Å². The maximum absolute atomic E-state index is 11.8. The third kappa shape index (κ3) is 6.68. The molecule has 0 saturated carbocycles. The first-order valence-electron chi connectivity index (χ1n) is 9.67. The van der Waals surface area contributed by atoms with Gasteiger partial charge in [-0.05, 0) is 11.8 Å². The van der Waals surface area contributed by atoms with Crippen LogP contribution in [0.1, 0.15) is 48.0 Å². The van der Waals surface area contributed by atoms with Gasteiger partial charge in [0.25, 0.3) is 0 Å². The fourth-order valence-electron chi connectivity index (χ4n) is 2.54. The Labute approximate surface area is 166 Å². The zero-order valence-corrected chi connectivity index (χ0v) is 18.1. The first-order valence-corrected chi connectivity index (χ1v) is 10.5. The van der Waals surface area contributed by atoms with Crippen LogP contribution in [0.4, 0.5) is 5.82 Å². The number of carbonyl (C=O) groups is 1. The molecule has 1 amide bonds. The van der Waals surface area contributed by atoms with Crippen molar-refractivity contribution in [3.05, 3.63) is 6.20 Å². The van der Waals surface area contributed by atoms with E-state index in [1.54, 1.807) is 18.0 Å². The summed E-state index contributed by atoms with van der Waals surface area (Å²) in [6.45, 7) is 14.6. The minimum Gasteiger partial charge on any atom is -0.369 e. The second-order valence-electron chi connectivity index (χ2n) is 7.85. The molecule has 0 spiro atoms. The molecule has 0 radical (unpaired) electrons. The van der Waals surface area contributed by atoms with Crippen LogP contribution in [-0.4, -0.2) is 44.0 Å². The summed E-state index contributed by atoms with van der Waals surface area (Å²) in [5, 5.41) is 12.9. The van der Waals surface area contributed by atoms with E-state index in [2.05, 4.69) is 48.4 Å². The predicted octanol–water partition coefficient (Wildman–Crippen LogP) is 3.56. The van der Waals surface area contributed by atoms with Crippen LogP contribution in [0.25, 0.3) is 11.0 Å². The van der Waals surface area contributed by atoms with Gasteiger partial charge < -0.3 is 10.6 Å². The van der Waals surface area contributed by atoms with Gasteiger partial charge in [0.15, 0.2) is 10.8 Å². The summed E-state index contributed by atoms with van der Waals surface area (Å²) in [5.74, 6) is 1.77. The lowest BCUT2D eigenvalue weighted by molar-refractivity contribution is -0.121. The van der Waals surface area contributed by atoms with Crippen molar-refractivity contribution in [2.45, 2.75) is 64.9 Å². The van der Waals surface area contributed by atoms with E-state index in [0.29, 0.717) is 36.6 Å². The van der Waals surface area contributed by atoms with E-state index in [9.17, 15) is 4.79 Å². The minimum atomic E-state index is 0.0754. The standard InChI is InChI=1S/C19H32N6OS/c1-12(2)9-16(26)20-7-8-25-18-15(11-22-25)17(21-10-13(3)4)23-19(24-18)27-14(5)6/h11-14H,7-10H2,1-6H3,(H,20,26)(H,21,23,24). The van der Waals surface area contributed by atoms with Gasteiger partial charge in [-0.2, -0.15) is 5.10 Å². The van der Waals surface area contributed by atoms with E-state index in [4.69, 9.17) is 4.98 Å². The van der Waals surface area contributed by atoms with Gasteiger partial charge in [0.1, 0.15) is 5.82 Å². The number of carbonyl (C=O) groups excluding carboxylic acids is 1. The molecule has 0 aliphatic heterocycles. The maximum atomic E-state index is 11.8. The van der Waals surface area contributed by atoms with Crippen LogP contribution in [0.2, 0.25) is 0 Å². The molecule has 0 fully saturated rings. The van der Waals surface area contributed by atoms with Crippen LogP contribution in [0, 0.1) is 11.8 Å². The van der Waals surface area contributed by atoms with E-state index in [1.165, 1.54) is 0 Å². The Kier molecular flexibility index (Phi) is 7.89. The number of nitrogens with one attached hydrogen (secondary N) is 2. The van der Waals surface area contributed by atoms with Crippen molar-refractivity contribution in [1.82, 2.24) is 25.1 Å². The van der Waals surface area contributed by atoms with E-state index in [-0.39, 0.29) is 5.91 Å². The minimum absolute atomic E-state index is 0.0754. The number of anilines is 1. The Bertz CT molecular complexity index is 756. The number of aromatic nitrogens is 4. The molecule has 0 atom stereocenters. The Morgan fingerprint density at radius 2 is 1.89 bits per heavy atom. The molecule has 0 bridgehead atoms. The lowest BCUT2D eigenvalue weighted by atomic mass is 10.1. The summed E-state index contributed by atoms with van der Waals surface area (Å²) in [5.41, 5.74) is 0.803. The summed E-state index contributed by atoms with van der Waals surface area (Å²) in [6.07, 6.45) is 2.35. The molecule has 7 nitrogen and oxygen atoms in total. The molecule has 2 aromatic rings. The van der Waals surface area contributed by atoms with Crippen LogP contribution >= 0.6 is 11.8 Å². The van der Waals surface area contributed by atoms with Crippen molar-refractivity contribution in [2.75, 3.05) is 18.4 Å². The van der Waals surface area contributed by atoms with Crippen molar-refractivity contribution in [2.24, 2.45) is 11.8 Å². The molecule has 2 aromatic heterocycles. The molecule has 0 aliphatic rings. The van der Waals surface area contributed by atoms with Crippen molar-refractivity contribution >= 4 is 34.5 Å². The fraction of sp³-hybridized carbons (Fsp3) is 0.684. The van der Waals surface area contributed by atoms with Crippen molar-refractivity contribution in [1.29, 1.82) is 0 Å². The van der Waals surface area contributed by atoms with Gasteiger partial charge in [-0.3, -0.25) is 4.79 Å². The number of hydrogen-bond acceptors (Lipinski definition) is 6. The van der Waals surface area contributed by atoms with Gasteiger partial charge in [-0.15, -0.1) is 0 Å². The van der Waals surface area contributed by atoms with Crippen molar-refractivity contribution in [3.8, 4) is 0 Å². The quantitative estimate of drug-likeness (QED) is 0.475. The SMILES string of the molecule is CC(C)CNc1nc(SC(C)C)nc2c1cnn2CCNC(=O)CC(C)C. The average Bonchev–Trinajstić information content (AvgIpc) is 2.94. The molecule has 2 heterocycles. The zero-order chi connectivity index (χ0) is 20.0. The Hall–Kier alpha value is -1.83. The van der Waals surface area contributed by atoms with Gasteiger partial charge in [0, 0.05) is 24.8 Å². The van der Waals surface area contributed by atoms with Crippen LogP contribution in [-0.2, 0) is 11.3 Å². The van der Waals surface area contributed by atoms with Crippen LogP contribution < -0.4 is 10.6 Å². The zero-order valence-electron chi connectivity index (χ0n) is 17.2. The highest BCUT2D eigenvalue weighted by Crippen LogP contribution is 2.26. The second kappa shape index (κ2) is 9.92. The predicted molar refractivity (Wildman–Crippen MR) is 112 cm³/mol. The molecule has 27 heavy (non-hydrogen) atoms. The van der Waals surface area contributed by atoms with E-state index >= 15 is 0 Å². The molecule has 150 valence electrons. The lowest BCUT2D eigenvalue weighted by Crippen LogP contribution is -2.28. The normalized spacial score (nSPS) is 11.7. The second-order valence-corrected chi connectivity index (χ2v) is 9.39. The number of fused-ring (bicyclic) bond motifs is 1. The summed E-state index contributed by atoms with van der Waals surface area (Å²) >= 11 is 1.64. The lowest BCUT2D eigenvalue weighted by Gasteiger charge is -2.12. The van der Waals surface area contributed by atoms with Crippen LogP contribution in [0.5, 0.6) is 0 Å². The average molecular weight is 393 g/mol. The largest absolute Gasteiger partial charge is 0.369 e. The van der Waals surface area contributed by atoms with Gasteiger partial charge in [0.2, 0.25) is 5.91 Å². The molecule has 0 aromatic carbocycles. The molecule has 2 rings (SSSR count). The number of nitrogens with zero attached hydrogens (tertiary/aromatic N) is 4. The fourth-order valence-corrected chi connectivity index (χ4v) is 3.25. The maximum Gasteiger partial charge on any atom is 0.220 e. The summed E-state index contributed by atoms with van der Waals surface area (Å²) in [7, 11) is 0. The van der Waals surface area contributed by atoms with E-state index in [1.807, 2.05) is 18.5 Å². The van der Waals surface area contributed by atoms with E-state index < -0.39 is 0 Å². The highest BCUT2D eigenvalue weighted by Gasteiger charge is 2.15. The highest BCUT2D eigenvalue weighted by atomic mass is 32.2. The monoisotopic (exact) mass is 392 g/mol. The topological polar surface area (TPSA) is 84.7 Å². The highest BCUT2D eigenvalue weighted by molar-refractivity contribution is 7.99. The Morgan fingerprint density at radius 3 is 2.52 bits per heavy atom. The summed E-state index contributed by atoms with van der Waals surface area (Å²) in [6, 6.07) is 0. The van der Waals surface area contributed by atoms with Crippen molar-refractivity contribution in [3.63, 3.8) is 0 Å². The Balaban J connectivity index is 2.19. The van der Waals surface area contributed by atoms with Gasteiger partial charge in [0.05, 0.1) is 18.1 Å². The first-order chi connectivity index (χ1) is 12.8. The number of rotatable bonds is 10. The molecule has 0 saturated heterocycles. The third-order valence-electron chi connectivity index (χ3n) is 3.73. The first kappa shape index (κ1) is 21.5. The molecular formula is C19H32N6OS. The van der Waals surface area contributed by atoms with Gasteiger partial charge >= 0.3 is 0 Å². The summed E-state index contributed by atoms with van der Waals surface area (Å²) in [4.78, 5) is 21.2. The van der Waals surface area contributed by atoms with Gasteiger partial charge in [-0.25, -0.2) is 14.6 Å². The van der Waals surface area contributed by atoms with Crippen molar-refractivity contribution < 1.29 is 4.79 Å². The smallest absolute Gasteiger partial charge is 0.220 e. The molecule has 0 aliphatic carbocycles. The number of amides is 1. The van der Waals surface area contributed by atoms with Crippen LogP contribution in [0.3, 0.4) is 0 Å². The molecule has 8 heteroatoms. The third-order valence-corrected chi connectivity index (χ3v) is 4.60. The Morgan fingerprint density at radius 1 is 1.15 bits per heavy atom. The molecule has 2 N–H and O–H groups in total. The number of hydrogen-bond donors (Lipinski definition) is 2. The van der Waals surface area contributed by atoms with Crippen LogP contribution in [0.15, 0.2) is 11.4 Å². The summed E-state index contributed by atoms with van der Waals surface area (Å²) < 4.78 is 1.84. The molecule has 0 unspecified atom stereocenters.